The molecule has 0 fully saturated rings. The second-order valence-electron chi connectivity index (χ2n) is 4.91. The summed E-state index contributed by atoms with van der Waals surface area (Å²) in [6, 6.07) is 0. The first-order chi connectivity index (χ1) is 8.87. The lowest BCUT2D eigenvalue weighted by atomic mass is 10.1. The molecule has 114 valence electrons. The van der Waals surface area contributed by atoms with Crippen LogP contribution >= 0.6 is 11.8 Å². The molecule has 0 heterocycles. The fraction of sp³-hybridized carbons (Fsp3) is 0.929. The van der Waals surface area contributed by atoms with Crippen molar-refractivity contribution in [1.29, 1.82) is 0 Å². The Labute approximate surface area is 119 Å². The van der Waals surface area contributed by atoms with Crippen LogP contribution in [-0.4, -0.2) is 29.5 Å². The first-order valence-corrected chi connectivity index (χ1v) is 8.07. The van der Waals surface area contributed by atoms with Crippen molar-refractivity contribution in [2.24, 2.45) is 0 Å². The van der Waals surface area contributed by atoms with Gasteiger partial charge in [-0.3, -0.25) is 4.79 Å². The largest absolute Gasteiger partial charge is 0.465 e. The van der Waals surface area contributed by atoms with Crippen molar-refractivity contribution in [3.63, 3.8) is 0 Å². The first kappa shape index (κ1) is 18.7. The highest BCUT2D eigenvalue weighted by molar-refractivity contribution is 8.00. The molecule has 5 heteroatoms. The van der Waals surface area contributed by atoms with Crippen LogP contribution in [0.3, 0.4) is 0 Å². The van der Waals surface area contributed by atoms with Gasteiger partial charge in [-0.15, -0.1) is 11.8 Å². The average Bonchev–Trinajstić information content (AvgIpc) is 2.32. The number of thioether (sulfide) groups is 1. The summed E-state index contributed by atoms with van der Waals surface area (Å²) in [4.78, 5) is 11.5. The highest BCUT2D eigenvalue weighted by Crippen LogP contribution is 2.21. The summed E-state index contributed by atoms with van der Waals surface area (Å²) < 4.78 is 30.2. The lowest BCUT2D eigenvalue weighted by Gasteiger charge is -2.11. The van der Waals surface area contributed by atoms with Gasteiger partial charge in [-0.25, -0.2) is 8.78 Å². The minimum atomic E-state index is -2.55. The van der Waals surface area contributed by atoms with Crippen molar-refractivity contribution < 1.29 is 18.3 Å². The number of hydrogen-bond acceptors (Lipinski definition) is 3. The third kappa shape index (κ3) is 12.5. The summed E-state index contributed by atoms with van der Waals surface area (Å²) in [5.41, 5.74) is 0. The van der Waals surface area contributed by atoms with Crippen molar-refractivity contribution in [3.05, 3.63) is 0 Å². The van der Waals surface area contributed by atoms with Gasteiger partial charge in [0.1, 0.15) is 0 Å². The van der Waals surface area contributed by atoms with Crippen molar-refractivity contribution >= 4 is 17.7 Å². The van der Waals surface area contributed by atoms with E-state index < -0.39 is 5.92 Å². The lowest BCUT2D eigenvalue weighted by Crippen LogP contribution is -2.18. The molecule has 0 N–H and O–H groups in total. The minimum Gasteiger partial charge on any atom is -0.465 e. The Morgan fingerprint density at radius 3 is 2.53 bits per heavy atom. The summed E-state index contributed by atoms with van der Waals surface area (Å²) in [6.07, 6.45) is 4.05. The number of rotatable bonds is 11. The van der Waals surface area contributed by atoms with Crippen LogP contribution < -0.4 is 0 Å². The summed E-state index contributed by atoms with van der Waals surface area (Å²) in [5, 5.41) is -0.163. The van der Waals surface area contributed by atoms with Crippen LogP contribution in [0.4, 0.5) is 8.78 Å². The zero-order chi connectivity index (χ0) is 14.7. The van der Waals surface area contributed by atoms with E-state index in [2.05, 4.69) is 0 Å². The molecule has 0 spiro atoms. The molecule has 0 aromatic heterocycles. The number of unbranched alkanes of at least 4 members (excludes halogenated alkanes) is 3. The summed E-state index contributed by atoms with van der Waals surface area (Å²) >= 11 is 1.54. The van der Waals surface area contributed by atoms with Gasteiger partial charge in [-0.1, -0.05) is 19.8 Å². The fourth-order valence-corrected chi connectivity index (χ4v) is 2.41. The third-order valence-electron chi connectivity index (χ3n) is 2.70. The predicted octanol–water partition coefficient (Wildman–Crippen LogP) is 4.67. The summed E-state index contributed by atoms with van der Waals surface area (Å²) in [6.45, 7) is 5.33. The molecular formula is C14H26F2O2S. The van der Waals surface area contributed by atoms with Gasteiger partial charge in [-0.2, -0.15) is 0 Å². The van der Waals surface area contributed by atoms with Crippen LogP contribution in [0.2, 0.25) is 0 Å². The van der Waals surface area contributed by atoms with Gasteiger partial charge in [-0.05, 0) is 38.9 Å². The number of esters is 1. The lowest BCUT2D eigenvalue weighted by molar-refractivity contribution is -0.142. The monoisotopic (exact) mass is 296 g/mol. The number of carbonyl (C=O) groups excluding carboxylic acids is 1. The Hall–Kier alpha value is -0.320. The van der Waals surface area contributed by atoms with Crippen molar-refractivity contribution in [2.75, 3.05) is 12.4 Å². The number of carbonyl (C=O) groups is 1. The average molecular weight is 296 g/mol. The molecule has 1 unspecified atom stereocenters. The zero-order valence-electron chi connectivity index (χ0n) is 12.2. The maximum absolute atomic E-state index is 12.5. The van der Waals surface area contributed by atoms with E-state index in [9.17, 15) is 13.6 Å². The van der Waals surface area contributed by atoms with Crippen LogP contribution in [0.25, 0.3) is 0 Å². The van der Waals surface area contributed by atoms with E-state index in [4.69, 9.17) is 4.74 Å². The molecule has 0 aliphatic carbocycles. The van der Waals surface area contributed by atoms with Crippen LogP contribution in [0.15, 0.2) is 0 Å². The molecule has 19 heavy (non-hydrogen) atoms. The van der Waals surface area contributed by atoms with Crippen molar-refractivity contribution in [3.8, 4) is 0 Å². The van der Waals surface area contributed by atoms with Gasteiger partial charge in [0.25, 0.3) is 0 Å². The van der Waals surface area contributed by atoms with Gasteiger partial charge >= 0.3 is 5.97 Å². The maximum Gasteiger partial charge on any atom is 0.318 e. The summed E-state index contributed by atoms with van der Waals surface area (Å²) in [7, 11) is 0. The molecule has 2 nitrogen and oxygen atoms in total. The molecule has 0 saturated heterocycles. The van der Waals surface area contributed by atoms with E-state index in [1.165, 1.54) is 11.8 Å². The van der Waals surface area contributed by atoms with E-state index in [-0.39, 0.29) is 17.6 Å². The molecule has 0 aromatic carbocycles. The van der Waals surface area contributed by atoms with E-state index >= 15 is 0 Å². The Morgan fingerprint density at radius 1 is 1.26 bits per heavy atom. The Balaban J connectivity index is 3.47. The number of ether oxygens (including phenoxy) is 1. The molecule has 0 aromatic rings. The van der Waals surface area contributed by atoms with Crippen LogP contribution in [-0.2, 0) is 9.53 Å². The molecule has 1 atom stereocenters. The Morgan fingerprint density at radius 2 is 1.95 bits per heavy atom. The molecule has 0 aliphatic heterocycles. The fourth-order valence-electron chi connectivity index (χ4n) is 1.48. The SMILES string of the molecule is CCCCOC(=O)C(C)SCCCCCC(C)(F)F. The highest BCUT2D eigenvalue weighted by atomic mass is 32.2. The Kier molecular flexibility index (Phi) is 10.3. The molecule has 0 amide bonds. The van der Waals surface area contributed by atoms with Gasteiger partial charge in [0, 0.05) is 6.42 Å². The first-order valence-electron chi connectivity index (χ1n) is 7.03. The number of halogens is 2. The predicted molar refractivity (Wildman–Crippen MR) is 76.9 cm³/mol. The molecular weight excluding hydrogens is 270 g/mol. The van der Waals surface area contributed by atoms with Gasteiger partial charge in [0.2, 0.25) is 5.92 Å². The zero-order valence-corrected chi connectivity index (χ0v) is 13.0. The Bertz CT molecular complexity index is 242. The van der Waals surface area contributed by atoms with E-state index in [1.807, 2.05) is 13.8 Å². The molecule has 0 radical (unpaired) electrons. The maximum atomic E-state index is 12.5. The summed E-state index contributed by atoms with van der Waals surface area (Å²) in [5.74, 6) is -1.90. The van der Waals surface area contributed by atoms with Crippen LogP contribution in [0.1, 0.15) is 59.3 Å². The second kappa shape index (κ2) is 10.5. The quantitative estimate of drug-likeness (QED) is 0.409. The molecule has 0 saturated carbocycles. The van der Waals surface area contributed by atoms with Crippen LogP contribution in [0, 0.1) is 0 Å². The van der Waals surface area contributed by atoms with Crippen molar-refractivity contribution in [2.45, 2.75) is 70.5 Å². The minimum absolute atomic E-state index is 0.0493. The van der Waals surface area contributed by atoms with Crippen molar-refractivity contribution in [1.82, 2.24) is 0 Å². The number of alkyl halides is 2. The highest BCUT2D eigenvalue weighted by Gasteiger charge is 2.19. The van der Waals surface area contributed by atoms with Crippen LogP contribution in [0.5, 0.6) is 0 Å². The van der Waals surface area contributed by atoms with E-state index in [0.717, 1.165) is 38.4 Å². The van der Waals surface area contributed by atoms with E-state index in [0.29, 0.717) is 13.0 Å². The second-order valence-corrected chi connectivity index (χ2v) is 6.36. The van der Waals surface area contributed by atoms with Gasteiger partial charge in [0.15, 0.2) is 0 Å². The topological polar surface area (TPSA) is 26.3 Å². The molecule has 0 rings (SSSR count). The molecule has 0 aliphatic rings. The van der Waals surface area contributed by atoms with Gasteiger partial charge < -0.3 is 4.74 Å². The standard InChI is InChI=1S/C14H26F2O2S/c1-4-5-10-18-13(17)12(2)19-11-8-6-7-9-14(3,15)16/h12H,4-11H2,1-3H3. The normalized spacial score (nSPS) is 13.3. The smallest absolute Gasteiger partial charge is 0.318 e. The van der Waals surface area contributed by atoms with E-state index in [1.54, 1.807) is 0 Å². The molecule has 0 bridgehead atoms. The van der Waals surface area contributed by atoms with Gasteiger partial charge in [0.05, 0.1) is 11.9 Å². The number of hydrogen-bond donors (Lipinski definition) is 0. The third-order valence-corrected chi connectivity index (χ3v) is 3.92.